The summed E-state index contributed by atoms with van der Waals surface area (Å²) in [5, 5.41) is 11.9. The summed E-state index contributed by atoms with van der Waals surface area (Å²) in [5.74, 6) is 2.28. The minimum atomic E-state index is 0.0900. The SMILES string of the molecule is C=C(C)S/C(=C(\C)Oc1ccc(NC(=O)C2CC2)c2ccccc12)c1ccnc(NC2CCCNC2)n1. The van der Waals surface area contributed by atoms with E-state index in [2.05, 4.69) is 27.5 Å². The van der Waals surface area contributed by atoms with Crippen molar-refractivity contribution in [3.05, 3.63) is 71.6 Å². The van der Waals surface area contributed by atoms with E-state index in [1.165, 1.54) is 11.8 Å². The van der Waals surface area contributed by atoms with Crippen molar-refractivity contribution in [3.63, 3.8) is 0 Å². The second-order valence-corrected chi connectivity index (χ2v) is 11.0. The number of fused-ring (bicyclic) bond motifs is 1. The molecule has 8 heteroatoms. The molecule has 1 saturated heterocycles. The third-order valence-electron chi connectivity index (χ3n) is 6.47. The third kappa shape index (κ3) is 6.32. The molecule has 1 atom stereocenters. The molecule has 2 heterocycles. The number of carbonyl (C=O) groups excluding carboxylic acids is 1. The number of hydrogen-bond donors (Lipinski definition) is 3. The second kappa shape index (κ2) is 11.4. The lowest BCUT2D eigenvalue weighted by Gasteiger charge is -2.24. The number of piperidine rings is 1. The summed E-state index contributed by atoms with van der Waals surface area (Å²) in [4.78, 5) is 23.5. The van der Waals surface area contributed by atoms with E-state index in [1.54, 1.807) is 6.20 Å². The highest BCUT2D eigenvalue weighted by atomic mass is 32.2. The number of benzene rings is 2. The molecule has 7 nitrogen and oxygen atoms in total. The molecule has 0 spiro atoms. The number of thioether (sulfide) groups is 1. The molecule has 2 aliphatic rings. The minimum absolute atomic E-state index is 0.0900. The number of nitrogens with zero attached hydrogens (tertiary/aromatic N) is 2. The summed E-state index contributed by atoms with van der Waals surface area (Å²) in [6.07, 6.45) is 5.94. The van der Waals surface area contributed by atoms with Crippen LogP contribution in [0, 0.1) is 5.92 Å². The van der Waals surface area contributed by atoms with E-state index in [-0.39, 0.29) is 11.8 Å². The van der Waals surface area contributed by atoms with Crippen LogP contribution in [0.25, 0.3) is 15.7 Å². The third-order valence-corrected chi connectivity index (χ3v) is 7.52. The van der Waals surface area contributed by atoms with E-state index in [0.29, 0.717) is 12.0 Å². The molecule has 1 aliphatic carbocycles. The standard InChI is InChI=1S/C29H33N5O2S/c1-18(2)37-27(25-14-16-31-29(34-25)32-21-7-6-15-30-17-21)19(3)36-26-13-12-24(33-28(35)20-10-11-20)22-8-4-5-9-23(22)26/h4-5,8-9,12-14,16,20-21,30H,1,6-7,10-11,15,17H2,2-3H3,(H,33,35)(H,31,32,34)/b27-19+. The number of amides is 1. The number of anilines is 2. The number of aromatic nitrogens is 2. The van der Waals surface area contributed by atoms with Crippen LogP contribution in [0.1, 0.15) is 45.2 Å². The zero-order valence-electron chi connectivity index (χ0n) is 21.3. The topological polar surface area (TPSA) is 88.2 Å². The van der Waals surface area contributed by atoms with Crippen molar-refractivity contribution in [2.75, 3.05) is 23.7 Å². The molecule has 1 amide bonds. The average Bonchev–Trinajstić information content (AvgIpc) is 3.75. The van der Waals surface area contributed by atoms with Crippen LogP contribution in [0.2, 0.25) is 0 Å². The van der Waals surface area contributed by atoms with Crippen LogP contribution >= 0.6 is 11.8 Å². The smallest absolute Gasteiger partial charge is 0.227 e. The van der Waals surface area contributed by atoms with Gasteiger partial charge in [-0.3, -0.25) is 4.79 Å². The van der Waals surface area contributed by atoms with E-state index >= 15 is 0 Å². The predicted molar refractivity (Wildman–Crippen MR) is 152 cm³/mol. The first kappa shape index (κ1) is 25.3. The Balaban J connectivity index is 1.44. The minimum Gasteiger partial charge on any atom is -0.460 e. The van der Waals surface area contributed by atoms with Gasteiger partial charge in [-0.05, 0) is 69.2 Å². The van der Waals surface area contributed by atoms with Crippen LogP contribution in [0.3, 0.4) is 0 Å². The van der Waals surface area contributed by atoms with Gasteiger partial charge in [0.25, 0.3) is 0 Å². The molecular weight excluding hydrogens is 482 g/mol. The number of hydrogen-bond acceptors (Lipinski definition) is 7. The maximum Gasteiger partial charge on any atom is 0.227 e. The van der Waals surface area contributed by atoms with Crippen LogP contribution in [0.15, 0.2) is 65.9 Å². The Labute approximate surface area is 222 Å². The lowest BCUT2D eigenvalue weighted by molar-refractivity contribution is -0.117. The Bertz CT molecular complexity index is 1350. The normalized spacial score (nSPS) is 18.2. The fraction of sp³-hybridized carbons (Fsp3) is 0.345. The fourth-order valence-corrected chi connectivity index (χ4v) is 5.20. The van der Waals surface area contributed by atoms with Gasteiger partial charge in [0.05, 0.1) is 10.6 Å². The maximum atomic E-state index is 12.4. The first-order valence-corrected chi connectivity index (χ1v) is 13.6. The molecule has 1 saturated carbocycles. The van der Waals surface area contributed by atoms with Crippen LogP contribution in [-0.4, -0.2) is 35.0 Å². The number of ether oxygens (including phenoxy) is 1. The Morgan fingerprint density at radius 1 is 1.11 bits per heavy atom. The van der Waals surface area contributed by atoms with E-state index in [4.69, 9.17) is 9.72 Å². The molecule has 5 rings (SSSR count). The van der Waals surface area contributed by atoms with Gasteiger partial charge < -0.3 is 20.7 Å². The molecule has 1 aromatic heterocycles. The lowest BCUT2D eigenvalue weighted by atomic mass is 10.1. The van der Waals surface area contributed by atoms with Crippen molar-refractivity contribution < 1.29 is 9.53 Å². The zero-order valence-corrected chi connectivity index (χ0v) is 22.2. The van der Waals surface area contributed by atoms with E-state index in [1.807, 2.05) is 56.3 Å². The van der Waals surface area contributed by atoms with Gasteiger partial charge in [-0.1, -0.05) is 42.6 Å². The van der Waals surface area contributed by atoms with Crippen LogP contribution < -0.4 is 20.7 Å². The summed E-state index contributed by atoms with van der Waals surface area (Å²) >= 11 is 1.53. The van der Waals surface area contributed by atoms with Crippen LogP contribution in [0.5, 0.6) is 5.75 Å². The monoisotopic (exact) mass is 515 g/mol. The molecule has 3 N–H and O–H groups in total. The van der Waals surface area contributed by atoms with Gasteiger partial charge in [-0.25, -0.2) is 9.97 Å². The summed E-state index contributed by atoms with van der Waals surface area (Å²) in [5.41, 5.74) is 1.59. The first-order valence-electron chi connectivity index (χ1n) is 12.8. The molecule has 3 aromatic rings. The molecule has 0 radical (unpaired) electrons. The zero-order chi connectivity index (χ0) is 25.8. The van der Waals surface area contributed by atoms with Crippen molar-refractivity contribution in [2.24, 2.45) is 5.92 Å². The maximum absolute atomic E-state index is 12.4. The van der Waals surface area contributed by atoms with Crippen molar-refractivity contribution in [1.82, 2.24) is 15.3 Å². The summed E-state index contributed by atoms with van der Waals surface area (Å²) in [7, 11) is 0. The van der Waals surface area contributed by atoms with Gasteiger partial charge in [-0.15, -0.1) is 0 Å². The van der Waals surface area contributed by atoms with Crippen molar-refractivity contribution in [3.8, 4) is 5.75 Å². The molecule has 2 fully saturated rings. The molecule has 1 aliphatic heterocycles. The first-order chi connectivity index (χ1) is 18.0. The quantitative estimate of drug-likeness (QED) is 0.293. The highest BCUT2D eigenvalue weighted by Crippen LogP contribution is 2.39. The van der Waals surface area contributed by atoms with Crippen molar-refractivity contribution in [1.29, 1.82) is 0 Å². The fourth-order valence-electron chi connectivity index (χ4n) is 4.45. The number of allylic oxidation sites excluding steroid dienone is 2. The molecule has 2 aromatic carbocycles. The number of rotatable bonds is 9. The van der Waals surface area contributed by atoms with Gasteiger partial charge in [0, 0.05) is 41.2 Å². The summed E-state index contributed by atoms with van der Waals surface area (Å²) in [6, 6.07) is 14.0. The van der Waals surface area contributed by atoms with Gasteiger partial charge in [-0.2, -0.15) is 0 Å². The lowest BCUT2D eigenvalue weighted by Crippen LogP contribution is -2.38. The highest BCUT2D eigenvalue weighted by Gasteiger charge is 2.30. The van der Waals surface area contributed by atoms with Crippen LogP contribution in [-0.2, 0) is 4.79 Å². The Morgan fingerprint density at radius 2 is 1.92 bits per heavy atom. The van der Waals surface area contributed by atoms with Gasteiger partial charge in [0.15, 0.2) is 0 Å². The van der Waals surface area contributed by atoms with E-state index in [0.717, 1.165) is 82.2 Å². The van der Waals surface area contributed by atoms with Gasteiger partial charge >= 0.3 is 0 Å². The predicted octanol–water partition coefficient (Wildman–Crippen LogP) is 6.18. The molecule has 0 bridgehead atoms. The molecule has 1 unspecified atom stereocenters. The average molecular weight is 516 g/mol. The number of nitrogens with one attached hydrogen (secondary N) is 3. The summed E-state index contributed by atoms with van der Waals surface area (Å²) in [6.45, 7) is 9.98. The van der Waals surface area contributed by atoms with Gasteiger partial charge in [0.1, 0.15) is 11.5 Å². The Hall–Kier alpha value is -3.36. The van der Waals surface area contributed by atoms with Crippen molar-refractivity contribution >= 4 is 45.0 Å². The second-order valence-electron chi connectivity index (χ2n) is 9.66. The molecular formula is C29H33N5O2S. The number of carbonyl (C=O) groups is 1. The van der Waals surface area contributed by atoms with Gasteiger partial charge in [0.2, 0.25) is 11.9 Å². The van der Waals surface area contributed by atoms with E-state index < -0.39 is 0 Å². The van der Waals surface area contributed by atoms with E-state index in [9.17, 15) is 4.79 Å². The van der Waals surface area contributed by atoms with Crippen LogP contribution in [0.4, 0.5) is 11.6 Å². The highest BCUT2D eigenvalue weighted by molar-refractivity contribution is 8.11. The summed E-state index contributed by atoms with van der Waals surface area (Å²) < 4.78 is 6.47. The largest absolute Gasteiger partial charge is 0.460 e. The van der Waals surface area contributed by atoms with Crippen molar-refractivity contribution in [2.45, 2.75) is 45.6 Å². The Kier molecular flexibility index (Phi) is 7.76. The Morgan fingerprint density at radius 3 is 2.65 bits per heavy atom. The molecule has 37 heavy (non-hydrogen) atoms. The molecule has 192 valence electrons.